The van der Waals surface area contributed by atoms with E-state index in [9.17, 15) is 40.5 Å². The van der Waals surface area contributed by atoms with Crippen molar-refractivity contribution in [3.63, 3.8) is 0 Å². The molecule has 11 heteroatoms. The van der Waals surface area contributed by atoms with E-state index in [1.54, 1.807) is 0 Å². The van der Waals surface area contributed by atoms with Crippen LogP contribution in [0.25, 0.3) is 0 Å². The number of allylic oxidation sites excluding steroid dienone is 4. The lowest BCUT2D eigenvalue weighted by Crippen LogP contribution is -2.60. The molecular formula is C42H79NO10. The summed E-state index contributed by atoms with van der Waals surface area (Å²) in [4.78, 5) is 13.0. The Hall–Kier alpha value is -1.41. The Morgan fingerprint density at radius 2 is 1.11 bits per heavy atom. The van der Waals surface area contributed by atoms with E-state index in [4.69, 9.17) is 9.47 Å². The van der Waals surface area contributed by atoms with Crippen molar-refractivity contribution in [1.29, 1.82) is 0 Å². The van der Waals surface area contributed by atoms with Gasteiger partial charge < -0.3 is 50.5 Å². The van der Waals surface area contributed by atoms with Gasteiger partial charge in [0.25, 0.3) is 0 Å². The van der Waals surface area contributed by atoms with Crippen molar-refractivity contribution < 1.29 is 50.0 Å². The highest BCUT2D eigenvalue weighted by Crippen LogP contribution is 2.23. The topological polar surface area (TPSA) is 189 Å². The number of rotatable bonds is 34. The predicted octanol–water partition coefficient (Wildman–Crippen LogP) is 5.89. The highest BCUT2D eigenvalue weighted by Gasteiger charge is 2.44. The SMILES string of the molecule is CCCCCC/C=C\CCCCCCCCC(O)C(=O)NC(COC1OC(CO)C(O)C(O)C1O)C(O)C(O)CCC/C=C/CCCCCCCCC. The first-order valence-electron chi connectivity index (χ1n) is 21.2. The standard InChI is InChI=1S/C42H79NO10/c1-3-5-7-9-11-13-15-17-18-20-22-24-26-28-30-35(46)41(51)43-33(32-52-42-40(50)39(49)38(48)36(31-44)53-42)37(47)34(45)29-27-25-23-21-19-16-14-12-10-8-6-4-2/h13,15,21,23,33-40,42,44-50H,3-12,14,16-20,22,24-32H2,1-2H3,(H,43,51)/b15-13-,23-21+. The first-order valence-corrected chi connectivity index (χ1v) is 21.2. The van der Waals surface area contributed by atoms with Crippen LogP contribution in [0.1, 0.15) is 168 Å². The molecule has 0 spiro atoms. The minimum Gasteiger partial charge on any atom is -0.394 e. The van der Waals surface area contributed by atoms with Gasteiger partial charge in [0, 0.05) is 0 Å². The number of unbranched alkanes of at least 4 members (excludes halogenated alkanes) is 18. The molecule has 1 amide bonds. The molecule has 0 aliphatic carbocycles. The number of aliphatic hydroxyl groups is 7. The van der Waals surface area contributed by atoms with Gasteiger partial charge in [-0.05, 0) is 64.2 Å². The highest BCUT2D eigenvalue weighted by molar-refractivity contribution is 5.80. The number of amides is 1. The van der Waals surface area contributed by atoms with Gasteiger partial charge in [-0.1, -0.05) is 128 Å². The molecule has 53 heavy (non-hydrogen) atoms. The second kappa shape index (κ2) is 32.8. The Bertz CT molecular complexity index is 918. The van der Waals surface area contributed by atoms with Gasteiger partial charge in [0.2, 0.25) is 5.91 Å². The lowest BCUT2D eigenvalue weighted by molar-refractivity contribution is -0.303. The van der Waals surface area contributed by atoms with E-state index in [-0.39, 0.29) is 12.8 Å². The summed E-state index contributed by atoms with van der Waals surface area (Å²) in [5, 5.41) is 75.3. The van der Waals surface area contributed by atoms with Crippen molar-refractivity contribution >= 4 is 5.91 Å². The van der Waals surface area contributed by atoms with Gasteiger partial charge in [-0.3, -0.25) is 4.79 Å². The van der Waals surface area contributed by atoms with Crippen molar-refractivity contribution in [2.24, 2.45) is 0 Å². The summed E-state index contributed by atoms with van der Waals surface area (Å²) < 4.78 is 11.0. The molecule has 1 aliphatic heterocycles. The summed E-state index contributed by atoms with van der Waals surface area (Å²) in [6, 6.07) is -1.18. The maximum atomic E-state index is 13.0. The summed E-state index contributed by atoms with van der Waals surface area (Å²) in [5.41, 5.74) is 0. The molecule has 1 rings (SSSR count). The van der Waals surface area contributed by atoms with Gasteiger partial charge in [-0.25, -0.2) is 0 Å². The molecule has 9 unspecified atom stereocenters. The van der Waals surface area contributed by atoms with Gasteiger partial charge in [-0.2, -0.15) is 0 Å². The van der Waals surface area contributed by atoms with E-state index in [0.29, 0.717) is 12.8 Å². The van der Waals surface area contributed by atoms with Crippen LogP contribution in [0.15, 0.2) is 24.3 Å². The average molecular weight is 758 g/mol. The molecular weight excluding hydrogens is 678 g/mol. The molecule has 0 aromatic heterocycles. The van der Waals surface area contributed by atoms with Crippen LogP contribution in [0, 0.1) is 0 Å². The van der Waals surface area contributed by atoms with Gasteiger partial charge in [0.1, 0.15) is 36.6 Å². The van der Waals surface area contributed by atoms with Gasteiger partial charge in [-0.15, -0.1) is 0 Å². The molecule has 1 fully saturated rings. The average Bonchev–Trinajstić information content (AvgIpc) is 3.16. The number of nitrogens with one attached hydrogen (secondary N) is 1. The fourth-order valence-electron chi connectivity index (χ4n) is 6.61. The molecule has 0 radical (unpaired) electrons. The van der Waals surface area contributed by atoms with Crippen LogP contribution in [-0.2, 0) is 14.3 Å². The third kappa shape index (κ3) is 23.3. The second-order valence-corrected chi connectivity index (χ2v) is 15.1. The second-order valence-electron chi connectivity index (χ2n) is 15.1. The van der Waals surface area contributed by atoms with Crippen LogP contribution in [0.2, 0.25) is 0 Å². The Balaban J connectivity index is 2.54. The van der Waals surface area contributed by atoms with Crippen molar-refractivity contribution in [1.82, 2.24) is 5.32 Å². The maximum Gasteiger partial charge on any atom is 0.249 e. The van der Waals surface area contributed by atoms with E-state index in [1.165, 1.54) is 70.6 Å². The van der Waals surface area contributed by atoms with E-state index < -0.39 is 74.2 Å². The summed E-state index contributed by atoms with van der Waals surface area (Å²) >= 11 is 0. The van der Waals surface area contributed by atoms with Crippen molar-refractivity contribution in [3.05, 3.63) is 24.3 Å². The molecule has 0 aromatic carbocycles. The minimum atomic E-state index is -1.67. The number of hydrogen-bond donors (Lipinski definition) is 8. The number of carbonyl (C=O) groups excluding carboxylic acids is 1. The van der Waals surface area contributed by atoms with Crippen LogP contribution in [-0.4, -0.2) is 110 Å². The fourth-order valence-corrected chi connectivity index (χ4v) is 6.61. The molecule has 312 valence electrons. The largest absolute Gasteiger partial charge is 0.394 e. The van der Waals surface area contributed by atoms with Crippen molar-refractivity contribution in [2.75, 3.05) is 13.2 Å². The molecule has 1 saturated heterocycles. The molecule has 0 bridgehead atoms. The van der Waals surface area contributed by atoms with E-state index in [2.05, 4.69) is 43.5 Å². The van der Waals surface area contributed by atoms with Gasteiger partial charge in [0.15, 0.2) is 6.29 Å². The minimum absolute atomic E-state index is 0.247. The van der Waals surface area contributed by atoms with Crippen LogP contribution in [0.3, 0.4) is 0 Å². The lowest BCUT2D eigenvalue weighted by Gasteiger charge is -2.40. The molecule has 11 nitrogen and oxygen atoms in total. The van der Waals surface area contributed by atoms with E-state index >= 15 is 0 Å². The molecule has 1 heterocycles. The molecule has 1 aliphatic rings. The quantitative estimate of drug-likeness (QED) is 0.0291. The Kier molecular flexibility index (Phi) is 30.7. The monoisotopic (exact) mass is 758 g/mol. The van der Waals surface area contributed by atoms with E-state index in [0.717, 1.165) is 57.8 Å². The zero-order valence-electron chi connectivity index (χ0n) is 33.2. The number of aliphatic hydroxyl groups excluding tert-OH is 7. The van der Waals surface area contributed by atoms with Crippen LogP contribution >= 0.6 is 0 Å². The fraction of sp³-hybridized carbons (Fsp3) is 0.881. The van der Waals surface area contributed by atoms with Crippen molar-refractivity contribution in [3.8, 4) is 0 Å². The summed E-state index contributed by atoms with van der Waals surface area (Å²) in [6.45, 7) is 3.37. The maximum absolute atomic E-state index is 13.0. The van der Waals surface area contributed by atoms with Gasteiger partial charge in [0.05, 0.1) is 25.4 Å². The van der Waals surface area contributed by atoms with Crippen molar-refractivity contribution in [2.45, 2.75) is 223 Å². The Morgan fingerprint density at radius 1 is 0.642 bits per heavy atom. The first kappa shape index (κ1) is 49.6. The molecule has 8 N–H and O–H groups in total. The van der Waals surface area contributed by atoms with Crippen LogP contribution < -0.4 is 5.32 Å². The lowest BCUT2D eigenvalue weighted by atomic mass is 9.98. The highest BCUT2D eigenvalue weighted by atomic mass is 16.7. The smallest absolute Gasteiger partial charge is 0.249 e. The zero-order chi connectivity index (χ0) is 39.1. The van der Waals surface area contributed by atoms with Crippen LogP contribution in [0.5, 0.6) is 0 Å². The van der Waals surface area contributed by atoms with Crippen LogP contribution in [0.4, 0.5) is 0 Å². The zero-order valence-corrected chi connectivity index (χ0v) is 33.2. The normalized spacial score (nSPS) is 23.1. The number of hydrogen-bond acceptors (Lipinski definition) is 10. The Labute approximate surface area is 321 Å². The molecule has 0 saturated carbocycles. The number of carbonyl (C=O) groups is 1. The van der Waals surface area contributed by atoms with Gasteiger partial charge >= 0.3 is 0 Å². The first-order chi connectivity index (χ1) is 25.7. The predicted molar refractivity (Wildman–Crippen MR) is 210 cm³/mol. The molecule has 9 atom stereocenters. The van der Waals surface area contributed by atoms with E-state index in [1.807, 2.05) is 0 Å². The third-order valence-electron chi connectivity index (χ3n) is 10.2. The Morgan fingerprint density at radius 3 is 1.64 bits per heavy atom. The summed E-state index contributed by atoms with van der Waals surface area (Å²) in [6.07, 6.45) is 22.3. The summed E-state index contributed by atoms with van der Waals surface area (Å²) in [5.74, 6) is -0.714. The third-order valence-corrected chi connectivity index (χ3v) is 10.2. The summed E-state index contributed by atoms with van der Waals surface area (Å²) in [7, 11) is 0. The molecule has 0 aromatic rings. The number of ether oxygens (including phenoxy) is 2.